The van der Waals surface area contributed by atoms with Gasteiger partial charge in [0.15, 0.2) is 29.8 Å². The van der Waals surface area contributed by atoms with E-state index in [0.29, 0.717) is 0 Å². The van der Waals surface area contributed by atoms with Crippen molar-refractivity contribution in [2.45, 2.75) is 46.0 Å². The van der Waals surface area contributed by atoms with Crippen LogP contribution in [-0.2, 0) is 45.2 Å². The van der Waals surface area contributed by atoms with Crippen LogP contribution in [0.15, 0.2) is 9.79 Å². The zero-order chi connectivity index (χ0) is 25.3. The fraction of sp³-hybridized carbons (Fsp3) is 0.526. The van der Waals surface area contributed by atoms with Crippen LogP contribution >= 0.6 is 0 Å². The molecule has 0 unspecified atom stereocenters. The number of hydrogen-bond donors (Lipinski definition) is 1. The first-order valence-electron chi connectivity index (χ1n) is 9.47. The highest BCUT2D eigenvalue weighted by molar-refractivity contribution is 5.77. The normalized spacial score (nSPS) is 13.5. The Balaban J connectivity index is 3.50. The molecule has 0 saturated heterocycles. The number of ether oxygens (including phenoxy) is 5. The van der Waals surface area contributed by atoms with Gasteiger partial charge in [-0.05, 0) is 0 Å². The van der Waals surface area contributed by atoms with Gasteiger partial charge in [-0.3, -0.25) is 28.5 Å². The molecule has 0 saturated carbocycles. The Morgan fingerprint density at radius 3 is 2.09 bits per heavy atom. The van der Waals surface area contributed by atoms with E-state index in [4.69, 9.17) is 29.4 Å². The predicted octanol–water partition coefficient (Wildman–Crippen LogP) is -0.568. The lowest BCUT2D eigenvalue weighted by Gasteiger charge is -2.29. The highest BCUT2D eigenvalue weighted by Gasteiger charge is 2.37. The van der Waals surface area contributed by atoms with Crippen LogP contribution in [0, 0.1) is 0 Å². The van der Waals surface area contributed by atoms with E-state index in [0.717, 1.165) is 38.5 Å². The Kier molecular flexibility index (Phi) is 9.98. The van der Waals surface area contributed by atoms with Gasteiger partial charge in [0, 0.05) is 41.0 Å². The average Bonchev–Trinajstić information content (AvgIpc) is 2.70. The van der Waals surface area contributed by atoms with Crippen molar-refractivity contribution in [2.75, 3.05) is 19.5 Å². The summed E-state index contributed by atoms with van der Waals surface area (Å²) in [4.78, 5) is 66.6. The molecule has 0 spiro atoms. The van der Waals surface area contributed by atoms with Gasteiger partial charge in [0.1, 0.15) is 6.61 Å². The second-order valence-electron chi connectivity index (χ2n) is 6.57. The van der Waals surface area contributed by atoms with Crippen LogP contribution in [0.3, 0.4) is 0 Å². The number of methoxy groups -OCH3 is 1. The van der Waals surface area contributed by atoms with Crippen LogP contribution in [0.25, 0.3) is 0 Å². The van der Waals surface area contributed by atoms with Crippen LogP contribution in [0.1, 0.15) is 27.7 Å². The minimum absolute atomic E-state index is 0.0675. The Labute approximate surface area is 188 Å². The first-order chi connectivity index (χ1) is 15.4. The lowest BCUT2D eigenvalue weighted by atomic mass is 10.1. The van der Waals surface area contributed by atoms with Crippen molar-refractivity contribution in [3.8, 4) is 6.01 Å². The quantitative estimate of drug-likeness (QED) is 0.261. The minimum Gasteiger partial charge on any atom is -0.468 e. The van der Waals surface area contributed by atoms with Crippen molar-refractivity contribution in [1.29, 1.82) is 0 Å². The second-order valence-corrected chi connectivity index (χ2v) is 6.57. The summed E-state index contributed by atoms with van der Waals surface area (Å²) in [6.45, 7) is 3.81. The molecule has 1 rings (SSSR count). The van der Waals surface area contributed by atoms with Gasteiger partial charge >= 0.3 is 29.9 Å². The van der Waals surface area contributed by atoms with E-state index in [1.54, 1.807) is 0 Å². The zero-order valence-corrected chi connectivity index (χ0v) is 19.0. The molecule has 14 heteroatoms. The number of aliphatic imine (C=N–C) groups is 1. The summed E-state index contributed by atoms with van der Waals surface area (Å²) in [7, 11) is 2.66. The summed E-state index contributed by atoms with van der Waals surface area (Å²) >= 11 is 0. The van der Waals surface area contributed by atoms with Gasteiger partial charge in [0.05, 0.1) is 7.11 Å². The first-order valence-corrected chi connectivity index (χ1v) is 9.47. The Hall–Kier alpha value is -3.97. The van der Waals surface area contributed by atoms with Crippen molar-refractivity contribution in [2.24, 2.45) is 12.0 Å². The van der Waals surface area contributed by atoms with Crippen LogP contribution in [0.5, 0.6) is 6.01 Å². The van der Waals surface area contributed by atoms with Crippen molar-refractivity contribution in [3.63, 3.8) is 0 Å². The van der Waals surface area contributed by atoms with Crippen molar-refractivity contribution in [1.82, 2.24) is 9.55 Å². The number of rotatable bonds is 10. The van der Waals surface area contributed by atoms with Crippen molar-refractivity contribution in [3.05, 3.63) is 10.4 Å². The second kappa shape index (κ2) is 12.2. The van der Waals surface area contributed by atoms with Crippen molar-refractivity contribution >= 4 is 41.6 Å². The molecule has 1 heterocycles. The number of nitrogen functional groups attached to an aromatic ring is 1. The topological polar surface area (TPSA) is 188 Å². The third-order valence-electron chi connectivity index (χ3n) is 3.85. The van der Waals surface area contributed by atoms with Crippen LogP contribution in [-0.4, -0.2) is 71.7 Å². The molecule has 0 amide bonds. The van der Waals surface area contributed by atoms with Crippen molar-refractivity contribution < 1.29 is 42.9 Å². The Morgan fingerprint density at radius 2 is 1.61 bits per heavy atom. The highest BCUT2D eigenvalue weighted by atomic mass is 16.6. The number of esters is 4. The maximum Gasteiger partial charge on any atom is 0.303 e. The van der Waals surface area contributed by atoms with E-state index in [9.17, 15) is 24.0 Å². The van der Waals surface area contributed by atoms with Gasteiger partial charge in [-0.2, -0.15) is 4.98 Å². The van der Waals surface area contributed by atoms with Gasteiger partial charge in [-0.25, -0.2) is 4.99 Å². The van der Waals surface area contributed by atoms with Crippen LogP contribution in [0.4, 0.5) is 11.5 Å². The Bertz CT molecular complexity index is 988. The standard InChI is InChI=1S/C19H26N4O10/c1-9(24)30-8-14(32-11(3)26)16(33-12(4)27)13(31-10(2)25)7-21-15-17(20)22-19(29-6)23(5)18(15)28/h7,13-14,16H,8,20H2,1-6H3/t13-,14+,16-/m0/s1. The summed E-state index contributed by atoms with van der Waals surface area (Å²) in [5.41, 5.74) is 4.78. The summed E-state index contributed by atoms with van der Waals surface area (Å²) < 4.78 is 26.3. The molecule has 0 aliphatic rings. The van der Waals surface area contributed by atoms with Gasteiger partial charge < -0.3 is 29.4 Å². The number of nitrogens with zero attached hydrogens (tertiary/aromatic N) is 3. The molecule has 0 aromatic carbocycles. The molecule has 14 nitrogen and oxygen atoms in total. The third kappa shape index (κ3) is 8.23. The van der Waals surface area contributed by atoms with Crippen LogP contribution < -0.4 is 16.0 Å². The van der Waals surface area contributed by atoms with E-state index < -0.39 is 54.4 Å². The van der Waals surface area contributed by atoms with Gasteiger partial charge in [-0.15, -0.1) is 0 Å². The average molecular weight is 470 g/mol. The largest absolute Gasteiger partial charge is 0.468 e. The smallest absolute Gasteiger partial charge is 0.303 e. The maximum atomic E-state index is 12.5. The molecular weight excluding hydrogens is 444 g/mol. The predicted molar refractivity (Wildman–Crippen MR) is 112 cm³/mol. The molecule has 0 radical (unpaired) electrons. The number of carbonyl (C=O) groups is 4. The Morgan fingerprint density at radius 1 is 1.03 bits per heavy atom. The SMILES string of the molecule is COc1nc(N)c(N=C[C@H](OC(C)=O)[C@H](OC(C)=O)[C@@H](COC(C)=O)OC(C)=O)c(=O)n1C. The third-order valence-corrected chi connectivity index (χ3v) is 3.85. The lowest BCUT2D eigenvalue weighted by Crippen LogP contribution is -2.48. The molecular formula is C19H26N4O10. The molecule has 2 N–H and O–H groups in total. The molecule has 0 bridgehead atoms. The molecule has 1 aromatic heterocycles. The van der Waals surface area contributed by atoms with Gasteiger partial charge in [-0.1, -0.05) is 0 Å². The highest BCUT2D eigenvalue weighted by Crippen LogP contribution is 2.19. The zero-order valence-electron chi connectivity index (χ0n) is 19.0. The number of hydrogen-bond acceptors (Lipinski definition) is 13. The summed E-state index contributed by atoms with van der Waals surface area (Å²) in [6, 6.07) is -0.0675. The van der Waals surface area contributed by atoms with E-state index in [1.807, 2.05) is 0 Å². The van der Waals surface area contributed by atoms with E-state index in [1.165, 1.54) is 14.2 Å². The number of carbonyl (C=O) groups excluding carboxylic acids is 4. The van der Waals surface area contributed by atoms with Gasteiger partial charge in [0.25, 0.3) is 5.56 Å². The molecule has 1 aromatic rings. The molecule has 3 atom stereocenters. The minimum atomic E-state index is -1.49. The molecule has 0 aliphatic carbocycles. The van der Waals surface area contributed by atoms with E-state index >= 15 is 0 Å². The summed E-state index contributed by atoms with van der Waals surface area (Å²) in [5.74, 6) is -3.42. The fourth-order valence-corrected chi connectivity index (χ4v) is 2.57. The summed E-state index contributed by atoms with van der Waals surface area (Å²) in [5, 5.41) is 0. The van der Waals surface area contributed by atoms with E-state index in [2.05, 4.69) is 9.98 Å². The maximum absolute atomic E-state index is 12.5. The fourth-order valence-electron chi connectivity index (χ4n) is 2.57. The van der Waals surface area contributed by atoms with E-state index in [-0.39, 0.29) is 17.5 Å². The number of aromatic nitrogens is 2. The number of nitrogens with two attached hydrogens (primary N) is 1. The number of anilines is 1. The van der Waals surface area contributed by atoms with Gasteiger partial charge in [0.2, 0.25) is 0 Å². The lowest BCUT2D eigenvalue weighted by molar-refractivity contribution is -0.183. The molecule has 0 aliphatic heterocycles. The molecule has 33 heavy (non-hydrogen) atoms. The monoisotopic (exact) mass is 470 g/mol. The molecule has 182 valence electrons. The van der Waals surface area contributed by atoms with Crippen LogP contribution in [0.2, 0.25) is 0 Å². The molecule has 0 fully saturated rings. The first kappa shape index (κ1) is 27.1. The summed E-state index contributed by atoms with van der Waals surface area (Å²) in [6.07, 6.45) is -3.38.